The molecule has 3 rings (SSSR count). The third kappa shape index (κ3) is 2.69. The van der Waals surface area contributed by atoms with Gasteiger partial charge in [-0.1, -0.05) is 12.1 Å². The van der Waals surface area contributed by atoms with Crippen molar-refractivity contribution in [2.24, 2.45) is 0 Å². The minimum atomic E-state index is 0.539. The molecule has 0 radical (unpaired) electrons. The summed E-state index contributed by atoms with van der Waals surface area (Å²) in [6.45, 7) is 5.74. The van der Waals surface area contributed by atoms with Gasteiger partial charge in [-0.15, -0.1) is 0 Å². The van der Waals surface area contributed by atoms with Crippen molar-refractivity contribution in [3.05, 3.63) is 29.0 Å². The van der Waals surface area contributed by atoms with Crippen LogP contribution in [0.2, 0.25) is 0 Å². The number of nitrogens with one attached hydrogen (secondary N) is 3. The third-order valence-electron chi connectivity index (χ3n) is 4.23. The maximum atomic E-state index is 5.21. The fourth-order valence-electron chi connectivity index (χ4n) is 3.15. The number of aromatic amines is 1. The number of aromatic nitrogens is 2. The molecule has 1 aliphatic rings. The van der Waals surface area contributed by atoms with Crippen molar-refractivity contribution in [3.8, 4) is 0 Å². The Morgan fingerprint density at radius 1 is 1.45 bits per heavy atom. The standard InChI is InChI=1S/C15H20N4S/c1-2-19-9-5-6-11(19)10-16-14-12-7-3-4-8-13(12)17-15(20)18-14/h3-4,7-8,11H,2,5-6,9-10H2,1H3,(H2,16,17,18,20)/p+1. The van der Waals surface area contributed by atoms with Crippen molar-refractivity contribution in [1.82, 2.24) is 9.97 Å². The van der Waals surface area contributed by atoms with Crippen LogP contribution in [0.15, 0.2) is 24.3 Å². The molecule has 2 aromatic rings. The summed E-state index contributed by atoms with van der Waals surface area (Å²) in [5, 5.41) is 4.62. The van der Waals surface area contributed by atoms with Gasteiger partial charge in [0.15, 0.2) is 4.77 Å². The Labute approximate surface area is 124 Å². The molecule has 106 valence electrons. The Balaban J connectivity index is 1.82. The summed E-state index contributed by atoms with van der Waals surface area (Å²) in [6.07, 6.45) is 2.63. The summed E-state index contributed by atoms with van der Waals surface area (Å²) >= 11 is 5.21. The molecule has 0 spiro atoms. The van der Waals surface area contributed by atoms with E-state index in [1.807, 2.05) is 18.2 Å². The molecular formula is C15H21N4S+. The van der Waals surface area contributed by atoms with Crippen molar-refractivity contribution in [3.63, 3.8) is 0 Å². The maximum absolute atomic E-state index is 5.21. The van der Waals surface area contributed by atoms with Gasteiger partial charge in [-0.3, -0.25) is 0 Å². The van der Waals surface area contributed by atoms with Crippen LogP contribution >= 0.6 is 12.2 Å². The first-order chi connectivity index (χ1) is 9.78. The number of likely N-dealkylation sites (tertiary alicyclic amines) is 1. The zero-order valence-corrected chi connectivity index (χ0v) is 12.6. The molecule has 0 bridgehead atoms. The largest absolute Gasteiger partial charge is 0.363 e. The van der Waals surface area contributed by atoms with Crippen LogP contribution < -0.4 is 10.2 Å². The highest BCUT2D eigenvalue weighted by Crippen LogP contribution is 2.19. The normalized spacial score (nSPS) is 22.2. The van der Waals surface area contributed by atoms with Crippen LogP contribution in [0.5, 0.6) is 0 Å². The fourth-order valence-corrected chi connectivity index (χ4v) is 3.36. The lowest BCUT2D eigenvalue weighted by atomic mass is 10.2. The average Bonchev–Trinajstić information content (AvgIpc) is 2.92. The SMILES string of the molecule is CC[NH+]1CCCC1CNc1nc(=S)[nH]c2ccccc12. The highest BCUT2D eigenvalue weighted by atomic mass is 32.1. The minimum absolute atomic E-state index is 0.539. The van der Waals surface area contributed by atoms with Crippen LogP contribution in [-0.2, 0) is 0 Å². The van der Waals surface area contributed by atoms with E-state index >= 15 is 0 Å². The van der Waals surface area contributed by atoms with Crippen LogP contribution in [0.3, 0.4) is 0 Å². The van der Waals surface area contributed by atoms with Crippen molar-refractivity contribution < 1.29 is 4.90 Å². The predicted molar refractivity (Wildman–Crippen MR) is 84.8 cm³/mol. The Hall–Kier alpha value is -1.46. The number of likely N-dealkylation sites (N-methyl/N-ethyl adjacent to an activating group) is 1. The van der Waals surface area contributed by atoms with Crippen LogP contribution in [0.25, 0.3) is 10.9 Å². The van der Waals surface area contributed by atoms with E-state index in [1.54, 1.807) is 4.90 Å². The van der Waals surface area contributed by atoms with E-state index < -0.39 is 0 Å². The summed E-state index contributed by atoms with van der Waals surface area (Å²) in [6, 6.07) is 8.85. The number of nitrogens with zero attached hydrogens (tertiary/aromatic N) is 1. The molecule has 1 saturated heterocycles. The first-order valence-corrected chi connectivity index (χ1v) is 7.76. The second-order valence-corrected chi connectivity index (χ2v) is 5.80. The molecule has 3 N–H and O–H groups in total. The van der Waals surface area contributed by atoms with Gasteiger partial charge in [0.05, 0.1) is 25.2 Å². The van der Waals surface area contributed by atoms with Gasteiger partial charge in [-0.25, -0.2) is 4.98 Å². The van der Waals surface area contributed by atoms with Gasteiger partial charge < -0.3 is 15.2 Å². The molecule has 1 aromatic carbocycles. The fraction of sp³-hybridized carbons (Fsp3) is 0.467. The van der Waals surface area contributed by atoms with Crippen molar-refractivity contribution in [2.45, 2.75) is 25.8 Å². The number of quaternary nitrogens is 1. The quantitative estimate of drug-likeness (QED) is 0.752. The number of hydrogen-bond acceptors (Lipinski definition) is 3. The number of anilines is 1. The molecule has 2 atom stereocenters. The predicted octanol–water partition coefficient (Wildman–Crippen LogP) is 1.77. The van der Waals surface area contributed by atoms with Gasteiger partial charge in [-0.2, -0.15) is 0 Å². The summed E-state index contributed by atoms with van der Waals surface area (Å²) in [5.41, 5.74) is 1.04. The van der Waals surface area contributed by atoms with E-state index in [-0.39, 0.29) is 0 Å². The molecule has 5 heteroatoms. The molecule has 1 aliphatic heterocycles. The van der Waals surface area contributed by atoms with Gasteiger partial charge in [0, 0.05) is 18.2 Å². The number of rotatable bonds is 4. The Morgan fingerprint density at radius 2 is 2.30 bits per heavy atom. The first kappa shape index (κ1) is 13.5. The molecule has 2 unspecified atom stereocenters. The number of H-pyrrole nitrogens is 1. The molecule has 1 fully saturated rings. The smallest absolute Gasteiger partial charge is 0.199 e. The Bertz CT molecular complexity index is 652. The van der Waals surface area contributed by atoms with E-state index in [4.69, 9.17) is 12.2 Å². The number of benzene rings is 1. The molecule has 0 aliphatic carbocycles. The molecule has 4 nitrogen and oxygen atoms in total. The molecule has 0 amide bonds. The molecule has 1 aromatic heterocycles. The lowest BCUT2D eigenvalue weighted by Crippen LogP contribution is -3.14. The lowest BCUT2D eigenvalue weighted by molar-refractivity contribution is -0.908. The van der Waals surface area contributed by atoms with Gasteiger partial charge in [-0.05, 0) is 31.3 Å². The van der Waals surface area contributed by atoms with E-state index in [1.165, 1.54) is 25.9 Å². The summed E-state index contributed by atoms with van der Waals surface area (Å²) < 4.78 is 0.539. The number of hydrogen-bond donors (Lipinski definition) is 3. The van der Waals surface area contributed by atoms with E-state index in [2.05, 4.69) is 28.3 Å². The van der Waals surface area contributed by atoms with E-state index in [0.29, 0.717) is 10.8 Å². The third-order valence-corrected chi connectivity index (χ3v) is 4.43. The van der Waals surface area contributed by atoms with Crippen LogP contribution in [0.4, 0.5) is 5.82 Å². The van der Waals surface area contributed by atoms with E-state index in [9.17, 15) is 0 Å². The first-order valence-electron chi connectivity index (χ1n) is 7.35. The van der Waals surface area contributed by atoms with Crippen LogP contribution in [-0.4, -0.2) is 35.6 Å². The topological polar surface area (TPSA) is 45.1 Å². The van der Waals surface area contributed by atoms with Crippen molar-refractivity contribution in [1.29, 1.82) is 0 Å². The van der Waals surface area contributed by atoms with Gasteiger partial charge >= 0.3 is 0 Å². The van der Waals surface area contributed by atoms with Crippen molar-refractivity contribution in [2.75, 3.05) is 25.0 Å². The highest BCUT2D eigenvalue weighted by molar-refractivity contribution is 7.71. The summed E-state index contributed by atoms with van der Waals surface area (Å²) in [4.78, 5) is 9.29. The van der Waals surface area contributed by atoms with Crippen LogP contribution in [0.1, 0.15) is 19.8 Å². The molecule has 2 heterocycles. The molecular weight excluding hydrogens is 268 g/mol. The monoisotopic (exact) mass is 289 g/mol. The number of fused-ring (bicyclic) bond motifs is 1. The average molecular weight is 289 g/mol. The Kier molecular flexibility index (Phi) is 3.98. The van der Waals surface area contributed by atoms with Crippen LogP contribution in [0, 0.1) is 4.77 Å². The number of para-hydroxylation sites is 1. The van der Waals surface area contributed by atoms with Gasteiger partial charge in [0.25, 0.3) is 0 Å². The Morgan fingerprint density at radius 3 is 3.15 bits per heavy atom. The minimum Gasteiger partial charge on any atom is -0.363 e. The molecule has 20 heavy (non-hydrogen) atoms. The molecule has 0 saturated carbocycles. The second kappa shape index (κ2) is 5.89. The maximum Gasteiger partial charge on any atom is 0.199 e. The lowest BCUT2D eigenvalue weighted by Gasteiger charge is -2.20. The van der Waals surface area contributed by atoms with E-state index in [0.717, 1.165) is 23.3 Å². The van der Waals surface area contributed by atoms with Gasteiger partial charge in [0.2, 0.25) is 0 Å². The highest BCUT2D eigenvalue weighted by Gasteiger charge is 2.26. The zero-order valence-electron chi connectivity index (χ0n) is 11.8. The second-order valence-electron chi connectivity index (χ2n) is 5.42. The summed E-state index contributed by atoms with van der Waals surface area (Å²) in [7, 11) is 0. The zero-order chi connectivity index (χ0) is 13.9. The summed E-state index contributed by atoms with van der Waals surface area (Å²) in [5.74, 6) is 0.909. The van der Waals surface area contributed by atoms with Gasteiger partial charge in [0.1, 0.15) is 11.9 Å². The van der Waals surface area contributed by atoms with Crippen molar-refractivity contribution >= 4 is 28.9 Å².